The van der Waals surface area contributed by atoms with Crippen LogP contribution in [0.5, 0.6) is 0 Å². The Morgan fingerprint density at radius 3 is 2.50 bits per heavy atom. The van der Waals surface area contributed by atoms with E-state index < -0.39 is 42.6 Å². The number of aliphatic hydroxyl groups excluding tert-OH is 2. The van der Waals surface area contributed by atoms with E-state index in [-0.39, 0.29) is 6.42 Å². The molecular formula is C14H15NO7. The molecule has 1 aliphatic rings. The molecule has 3 atom stereocenters. The SMILES string of the molecule is Nc1ccc(CC(=O)OCC(O)C2OC(=O)C(O)C2=O)cc1. The lowest BCUT2D eigenvalue weighted by Gasteiger charge is -2.15. The van der Waals surface area contributed by atoms with Gasteiger partial charge in [0.1, 0.15) is 12.7 Å². The monoisotopic (exact) mass is 309 g/mol. The Hall–Kier alpha value is -2.45. The van der Waals surface area contributed by atoms with Crippen molar-refractivity contribution in [2.24, 2.45) is 0 Å². The highest BCUT2D eigenvalue weighted by Gasteiger charge is 2.46. The van der Waals surface area contributed by atoms with Crippen LogP contribution in [0.1, 0.15) is 5.56 Å². The van der Waals surface area contributed by atoms with Crippen LogP contribution < -0.4 is 5.73 Å². The van der Waals surface area contributed by atoms with Crippen molar-refractivity contribution >= 4 is 23.4 Å². The third kappa shape index (κ3) is 3.60. The van der Waals surface area contributed by atoms with Crippen LogP contribution in [0, 0.1) is 0 Å². The number of cyclic esters (lactones) is 1. The molecule has 4 N–H and O–H groups in total. The molecule has 1 aromatic rings. The zero-order valence-corrected chi connectivity index (χ0v) is 11.5. The van der Waals surface area contributed by atoms with Gasteiger partial charge >= 0.3 is 11.9 Å². The second-order valence-corrected chi connectivity index (χ2v) is 4.83. The number of Topliss-reactive ketones (excluding diaryl/α,β-unsaturated/α-hetero) is 1. The summed E-state index contributed by atoms with van der Waals surface area (Å²) in [6.07, 6.45) is -4.98. The minimum absolute atomic E-state index is 0.0337. The third-order valence-electron chi connectivity index (χ3n) is 3.11. The van der Waals surface area contributed by atoms with Gasteiger partial charge in [0.15, 0.2) is 6.10 Å². The highest BCUT2D eigenvalue weighted by molar-refractivity contribution is 6.09. The van der Waals surface area contributed by atoms with Crippen LogP contribution >= 0.6 is 0 Å². The van der Waals surface area contributed by atoms with Crippen molar-refractivity contribution in [3.63, 3.8) is 0 Å². The van der Waals surface area contributed by atoms with Gasteiger partial charge in [-0.15, -0.1) is 0 Å². The fourth-order valence-corrected chi connectivity index (χ4v) is 1.91. The molecule has 8 heteroatoms. The second-order valence-electron chi connectivity index (χ2n) is 4.83. The van der Waals surface area contributed by atoms with Gasteiger partial charge in [-0.05, 0) is 17.7 Å². The van der Waals surface area contributed by atoms with Gasteiger partial charge in [0.05, 0.1) is 6.42 Å². The molecule has 8 nitrogen and oxygen atoms in total. The molecule has 1 heterocycles. The Bertz CT molecular complexity index is 583. The number of ether oxygens (including phenoxy) is 2. The molecular weight excluding hydrogens is 294 g/mol. The highest BCUT2D eigenvalue weighted by Crippen LogP contribution is 2.15. The first-order valence-corrected chi connectivity index (χ1v) is 6.49. The predicted octanol–water partition coefficient (Wildman–Crippen LogP) is -1.43. The lowest BCUT2D eigenvalue weighted by atomic mass is 10.1. The number of aliphatic hydroxyl groups is 2. The van der Waals surface area contributed by atoms with E-state index in [0.717, 1.165) is 0 Å². The Balaban J connectivity index is 1.82. The number of rotatable bonds is 5. The Morgan fingerprint density at radius 1 is 1.32 bits per heavy atom. The normalized spacial score (nSPS) is 22.3. The number of nitrogens with two attached hydrogens (primary N) is 1. The van der Waals surface area contributed by atoms with Crippen LogP contribution in [0.15, 0.2) is 24.3 Å². The van der Waals surface area contributed by atoms with Crippen molar-refractivity contribution in [2.75, 3.05) is 12.3 Å². The van der Waals surface area contributed by atoms with Gasteiger partial charge in [0, 0.05) is 5.69 Å². The highest BCUT2D eigenvalue weighted by atomic mass is 16.6. The van der Waals surface area contributed by atoms with E-state index in [1.165, 1.54) is 0 Å². The maximum absolute atomic E-state index is 11.6. The molecule has 1 fully saturated rings. The summed E-state index contributed by atoms with van der Waals surface area (Å²) in [6, 6.07) is 6.59. The molecule has 0 saturated carbocycles. The topological polar surface area (TPSA) is 136 Å². The summed E-state index contributed by atoms with van der Waals surface area (Å²) in [5, 5.41) is 18.8. The van der Waals surface area contributed by atoms with E-state index in [4.69, 9.17) is 15.6 Å². The Labute approximate surface area is 125 Å². The molecule has 3 unspecified atom stereocenters. The minimum atomic E-state index is -1.90. The van der Waals surface area contributed by atoms with Crippen LogP contribution in [0.2, 0.25) is 0 Å². The van der Waals surface area contributed by atoms with Crippen LogP contribution in [0.4, 0.5) is 5.69 Å². The standard InChI is InChI=1S/C14H15NO7/c15-8-3-1-7(2-4-8)5-10(17)21-6-9(16)13-11(18)12(19)14(20)22-13/h1-4,9,12-13,16,19H,5-6,15H2. The lowest BCUT2D eigenvalue weighted by Crippen LogP contribution is -2.38. The van der Waals surface area contributed by atoms with Crippen molar-refractivity contribution in [1.82, 2.24) is 0 Å². The average Bonchev–Trinajstić information content (AvgIpc) is 2.75. The van der Waals surface area contributed by atoms with Gasteiger partial charge < -0.3 is 25.4 Å². The average molecular weight is 309 g/mol. The van der Waals surface area contributed by atoms with Gasteiger partial charge in [-0.2, -0.15) is 0 Å². The van der Waals surface area contributed by atoms with E-state index in [0.29, 0.717) is 11.3 Å². The maximum Gasteiger partial charge on any atom is 0.343 e. The van der Waals surface area contributed by atoms with E-state index in [1.54, 1.807) is 24.3 Å². The number of benzene rings is 1. The number of hydrogen-bond donors (Lipinski definition) is 3. The van der Waals surface area contributed by atoms with Crippen LogP contribution in [0.3, 0.4) is 0 Å². The molecule has 0 spiro atoms. The van der Waals surface area contributed by atoms with Gasteiger partial charge in [0.25, 0.3) is 0 Å². The van der Waals surface area contributed by atoms with Gasteiger partial charge in [-0.1, -0.05) is 12.1 Å². The zero-order valence-electron chi connectivity index (χ0n) is 11.5. The fourth-order valence-electron chi connectivity index (χ4n) is 1.91. The molecule has 0 radical (unpaired) electrons. The lowest BCUT2D eigenvalue weighted by molar-refractivity contribution is -0.156. The van der Waals surface area contributed by atoms with Crippen molar-refractivity contribution in [3.05, 3.63) is 29.8 Å². The zero-order chi connectivity index (χ0) is 16.3. The number of anilines is 1. The number of hydrogen-bond acceptors (Lipinski definition) is 8. The summed E-state index contributed by atoms with van der Waals surface area (Å²) in [5.74, 6) is -2.70. The van der Waals surface area contributed by atoms with E-state index in [2.05, 4.69) is 4.74 Å². The molecule has 0 aromatic heterocycles. The fraction of sp³-hybridized carbons (Fsp3) is 0.357. The molecule has 1 saturated heterocycles. The van der Waals surface area contributed by atoms with Crippen LogP contribution in [-0.4, -0.2) is 52.9 Å². The largest absolute Gasteiger partial charge is 0.463 e. The molecule has 2 rings (SSSR count). The molecule has 0 bridgehead atoms. The maximum atomic E-state index is 11.6. The van der Waals surface area contributed by atoms with Gasteiger partial charge in [0.2, 0.25) is 11.9 Å². The van der Waals surface area contributed by atoms with Crippen molar-refractivity contribution < 1.29 is 34.1 Å². The first kappa shape index (κ1) is 15.9. The number of carbonyl (C=O) groups is 3. The smallest absolute Gasteiger partial charge is 0.343 e. The van der Waals surface area contributed by atoms with Gasteiger partial charge in [-0.3, -0.25) is 9.59 Å². The number of nitrogen functional groups attached to an aromatic ring is 1. The first-order chi connectivity index (χ1) is 10.4. The predicted molar refractivity (Wildman–Crippen MR) is 72.4 cm³/mol. The summed E-state index contributed by atoms with van der Waals surface area (Å²) < 4.78 is 9.34. The number of ketones is 1. The third-order valence-corrected chi connectivity index (χ3v) is 3.11. The van der Waals surface area contributed by atoms with Crippen molar-refractivity contribution in [2.45, 2.75) is 24.7 Å². The molecule has 22 heavy (non-hydrogen) atoms. The summed E-state index contributed by atoms with van der Waals surface area (Å²) in [7, 11) is 0. The summed E-state index contributed by atoms with van der Waals surface area (Å²) in [4.78, 5) is 34.0. The van der Waals surface area contributed by atoms with Gasteiger partial charge in [-0.25, -0.2) is 4.79 Å². The number of carbonyl (C=O) groups excluding carboxylic acids is 3. The van der Waals surface area contributed by atoms with E-state index in [9.17, 15) is 19.5 Å². The van der Waals surface area contributed by atoms with Crippen molar-refractivity contribution in [1.29, 1.82) is 0 Å². The molecule has 118 valence electrons. The molecule has 1 aromatic carbocycles. The van der Waals surface area contributed by atoms with Crippen molar-refractivity contribution in [3.8, 4) is 0 Å². The number of esters is 2. The second kappa shape index (κ2) is 6.54. The van der Waals surface area contributed by atoms with Crippen LogP contribution in [-0.2, 0) is 30.3 Å². The Morgan fingerprint density at radius 2 is 1.95 bits per heavy atom. The van der Waals surface area contributed by atoms with E-state index >= 15 is 0 Å². The quantitative estimate of drug-likeness (QED) is 0.342. The Kier molecular flexibility index (Phi) is 4.74. The van der Waals surface area contributed by atoms with Crippen LogP contribution in [0.25, 0.3) is 0 Å². The summed E-state index contributed by atoms with van der Waals surface area (Å²) in [5.41, 5.74) is 6.75. The molecule has 1 aliphatic heterocycles. The summed E-state index contributed by atoms with van der Waals surface area (Å²) >= 11 is 0. The molecule has 0 amide bonds. The van der Waals surface area contributed by atoms with E-state index in [1.807, 2.05) is 0 Å². The minimum Gasteiger partial charge on any atom is -0.463 e. The first-order valence-electron chi connectivity index (χ1n) is 6.49. The molecule has 0 aliphatic carbocycles. The summed E-state index contributed by atoms with van der Waals surface area (Å²) in [6.45, 7) is -0.524.